The van der Waals surface area contributed by atoms with Gasteiger partial charge >= 0.3 is 0 Å². The molecule has 0 saturated carbocycles. The van der Waals surface area contributed by atoms with Gasteiger partial charge in [-0.25, -0.2) is 14.5 Å². The molecule has 142 valence electrons. The Labute approximate surface area is 165 Å². The van der Waals surface area contributed by atoms with Crippen molar-refractivity contribution in [2.45, 2.75) is 24.9 Å². The molecular weight excluding hydrogens is 376 g/mol. The molecule has 2 aromatic heterocycles. The Kier molecular flexibility index (Phi) is 4.95. The van der Waals surface area contributed by atoms with Gasteiger partial charge in [-0.3, -0.25) is 19.3 Å². The van der Waals surface area contributed by atoms with E-state index in [0.717, 1.165) is 17.3 Å². The number of para-hydroxylation sites is 1. The lowest BCUT2D eigenvalue weighted by Gasteiger charge is -2.16. The van der Waals surface area contributed by atoms with Crippen molar-refractivity contribution in [3.8, 4) is 5.82 Å². The normalized spacial score (nSPS) is 14.0. The molecule has 0 spiro atoms. The molecule has 4 rings (SSSR count). The van der Waals surface area contributed by atoms with Gasteiger partial charge in [0.15, 0.2) is 5.16 Å². The van der Waals surface area contributed by atoms with Crippen molar-refractivity contribution in [3.63, 3.8) is 0 Å². The second kappa shape index (κ2) is 7.55. The number of pyridine rings is 1. The van der Waals surface area contributed by atoms with E-state index in [0.29, 0.717) is 41.3 Å². The molecule has 1 aliphatic rings. The third-order valence-electron chi connectivity index (χ3n) is 4.64. The maximum absolute atomic E-state index is 13.2. The Balaban J connectivity index is 1.77. The predicted molar refractivity (Wildman–Crippen MR) is 107 cm³/mol. The smallest absolute Gasteiger partial charge is 0.267 e. The second-order valence-corrected chi connectivity index (χ2v) is 7.47. The molecule has 0 unspecified atom stereocenters. The quantitative estimate of drug-likeness (QED) is 0.499. The first-order chi connectivity index (χ1) is 13.6. The number of thioether (sulfide) groups is 1. The lowest BCUT2D eigenvalue weighted by molar-refractivity contribution is -0.140. The van der Waals surface area contributed by atoms with E-state index < -0.39 is 0 Å². The number of likely N-dealkylation sites (tertiary alicyclic amines) is 1. The number of imide groups is 1. The zero-order chi connectivity index (χ0) is 19.7. The van der Waals surface area contributed by atoms with Gasteiger partial charge in [0, 0.05) is 19.2 Å². The molecular formula is C20H18N4O3S. The highest BCUT2D eigenvalue weighted by molar-refractivity contribution is 7.99. The number of rotatable bonds is 4. The Morgan fingerprint density at radius 2 is 2.00 bits per heavy atom. The van der Waals surface area contributed by atoms with Crippen LogP contribution >= 0.6 is 11.8 Å². The van der Waals surface area contributed by atoms with Crippen LogP contribution in [0.5, 0.6) is 0 Å². The third-order valence-corrected chi connectivity index (χ3v) is 5.56. The van der Waals surface area contributed by atoms with Crippen LogP contribution in [0, 0.1) is 6.92 Å². The highest BCUT2D eigenvalue weighted by Crippen LogP contribution is 2.23. The van der Waals surface area contributed by atoms with Crippen molar-refractivity contribution >= 4 is 34.5 Å². The molecule has 2 amide bonds. The molecule has 1 saturated heterocycles. The van der Waals surface area contributed by atoms with Crippen LogP contribution in [0.25, 0.3) is 16.7 Å². The number of carbonyl (C=O) groups is 2. The molecule has 0 bridgehead atoms. The summed E-state index contributed by atoms with van der Waals surface area (Å²) in [6.45, 7) is 2.32. The summed E-state index contributed by atoms with van der Waals surface area (Å²) in [7, 11) is 0. The minimum atomic E-state index is -0.265. The van der Waals surface area contributed by atoms with Gasteiger partial charge in [-0.2, -0.15) is 0 Å². The SMILES string of the molecule is Cc1cccnc1-n1c(SCC(=O)N2CCCC2=O)nc2ccccc2c1=O. The van der Waals surface area contributed by atoms with Crippen molar-refractivity contribution in [2.75, 3.05) is 12.3 Å². The van der Waals surface area contributed by atoms with Gasteiger partial charge in [0.05, 0.1) is 16.7 Å². The lowest BCUT2D eigenvalue weighted by atomic mass is 10.2. The fourth-order valence-corrected chi connectivity index (χ4v) is 4.09. The zero-order valence-electron chi connectivity index (χ0n) is 15.3. The van der Waals surface area contributed by atoms with Crippen molar-refractivity contribution in [3.05, 3.63) is 58.5 Å². The molecule has 0 aliphatic carbocycles. The van der Waals surface area contributed by atoms with Crippen LogP contribution in [-0.4, -0.2) is 43.5 Å². The fraction of sp³-hybridized carbons (Fsp3) is 0.250. The fourth-order valence-electron chi connectivity index (χ4n) is 3.22. The van der Waals surface area contributed by atoms with E-state index in [1.165, 1.54) is 9.47 Å². The Morgan fingerprint density at radius 1 is 1.18 bits per heavy atom. The molecule has 1 aromatic carbocycles. The van der Waals surface area contributed by atoms with Crippen LogP contribution in [0.1, 0.15) is 18.4 Å². The number of amides is 2. The van der Waals surface area contributed by atoms with Crippen molar-refractivity contribution in [2.24, 2.45) is 0 Å². The van der Waals surface area contributed by atoms with Crippen LogP contribution in [0.4, 0.5) is 0 Å². The first-order valence-electron chi connectivity index (χ1n) is 8.96. The summed E-state index contributed by atoms with van der Waals surface area (Å²) in [5, 5.41) is 0.864. The van der Waals surface area contributed by atoms with E-state index >= 15 is 0 Å². The number of carbonyl (C=O) groups excluding carboxylic acids is 2. The summed E-state index contributed by atoms with van der Waals surface area (Å²) < 4.78 is 1.45. The van der Waals surface area contributed by atoms with Gasteiger partial charge in [0.2, 0.25) is 11.8 Å². The zero-order valence-corrected chi connectivity index (χ0v) is 16.1. The Hall–Kier alpha value is -3.00. The van der Waals surface area contributed by atoms with Gasteiger partial charge in [-0.1, -0.05) is 30.0 Å². The first-order valence-corrected chi connectivity index (χ1v) is 9.94. The summed E-state index contributed by atoms with van der Waals surface area (Å²) >= 11 is 1.15. The molecule has 1 aliphatic heterocycles. The first kappa shape index (κ1) is 18.4. The molecule has 7 nitrogen and oxygen atoms in total. The van der Waals surface area contributed by atoms with Crippen LogP contribution in [0.2, 0.25) is 0 Å². The van der Waals surface area contributed by atoms with Crippen molar-refractivity contribution in [1.82, 2.24) is 19.4 Å². The third kappa shape index (κ3) is 3.31. The standard InChI is InChI=1S/C20H18N4O3S/c1-13-6-4-10-21-18(13)24-19(27)14-7-2-3-8-15(14)22-20(24)28-12-17(26)23-11-5-9-16(23)25/h2-4,6-8,10H,5,9,11-12H2,1H3. The predicted octanol–water partition coefficient (Wildman–Crippen LogP) is 2.33. The molecule has 0 atom stereocenters. The summed E-state index contributed by atoms with van der Waals surface area (Å²) in [6.07, 6.45) is 2.72. The maximum Gasteiger partial charge on any atom is 0.267 e. The average molecular weight is 394 g/mol. The molecule has 1 fully saturated rings. The number of hydrogen-bond acceptors (Lipinski definition) is 6. The van der Waals surface area contributed by atoms with E-state index in [1.54, 1.807) is 30.5 Å². The van der Waals surface area contributed by atoms with Crippen LogP contribution in [-0.2, 0) is 9.59 Å². The maximum atomic E-state index is 13.2. The van der Waals surface area contributed by atoms with Crippen molar-refractivity contribution in [1.29, 1.82) is 0 Å². The Bertz CT molecular complexity index is 1140. The molecule has 3 aromatic rings. The highest BCUT2D eigenvalue weighted by atomic mass is 32.2. The molecule has 0 N–H and O–H groups in total. The molecule has 28 heavy (non-hydrogen) atoms. The monoisotopic (exact) mass is 394 g/mol. The van der Waals surface area contributed by atoms with Gasteiger partial charge in [-0.15, -0.1) is 0 Å². The number of fused-ring (bicyclic) bond motifs is 1. The number of hydrogen-bond donors (Lipinski definition) is 0. The minimum absolute atomic E-state index is 0.0302. The number of nitrogens with zero attached hydrogens (tertiary/aromatic N) is 4. The summed E-state index contributed by atoms with van der Waals surface area (Å²) in [6, 6.07) is 10.8. The van der Waals surface area contributed by atoms with Gasteiger partial charge < -0.3 is 0 Å². The van der Waals surface area contributed by atoms with Gasteiger partial charge in [0.25, 0.3) is 5.56 Å². The highest BCUT2D eigenvalue weighted by Gasteiger charge is 2.27. The largest absolute Gasteiger partial charge is 0.282 e. The lowest BCUT2D eigenvalue weighted by Crippen LogP contribution is -2.33. The second-order valence-electron chi connectivity index (χ2n) is 6.53. The summed E-state index contributed by atoms with van der Waals surface area (Å²) in [5.41, 5.74) is 1.15. The van der Waals surface area contributed by atoms with E-state index in [4.69, 9.17) is 0 Å². The number of aromatic nitrogens is 3. The van der Waals surface area contributed by atoms with Crippen LogP contribution < -0.4 is 5.56 Å². The topological polar surface area (TPSA) is 85.2 Å². The average Bonchev–Trinajstić information content (AvgIpc) is 3.13. The molecule has 8 heteroatoms. The number of aryl methyl sites for hydroxylation is 1. The molecule has 3 heterocycles. The van der Waals surface area contributed by atoms with E-state index in [-0.39, 0.29) is 23.1 Å². The summed E-state index contributed by atoms with van der Waals surface area (Å²) in [5.74, 6) is 0.106. The van der Waals surface area contributed by atoms with E-state index in [1.807, 2.05) is 19.1 Å². The minimum Gasteiger partial charge on any atom is -0.282 e. The van der Waals surface area contributed by atoms with Crippen molar-refractivity contribution < 1.29 is 9.59 Å². The van der Waals surface area contributed by atoms with Gasteiger partial charge in [0.1, 0.15) is 5.82 Å². The molecule has 0 radical (unpaired) electrons. The van der Waals surface area contributed by atoms with E-state index in [9.17, 15) is 14.4 Å². The number of benzene rings is 1. The van der Waals surface area contributed by atoms with Crippen LogP contribution in [0.15, 0.2) is 52.5 Å². The Morgan fingerprint density at radius 3 is 2.75 bits per heavy atom. The van der Waals surface area contributed by atoms with Crippen LogP contribution in [0.3, 0.4) is 0 Å². The van der Waals surface area contributed by atoms with Gasteiger partial charge in [-0.05, 0) is 37.1 Å². The summed E-state index contributed by atoms with van der Waals surface area (Å²) in [4.78, 5) is 47.7. The van der Waals surface area contributed by atoms with E-state index in [2.05, 4.69) is 9.97 Å².